The first kappa shape index (κ1) is 9.51. The molecule has 5 heteroatoms. The Morgan fingerprint density at radius 2 is 2.20 bits per heavy atom. The number of aryl methyl sites for hydroxylation is 1. The fraction of sp³-hybridized carbons (Fsp3) is 0.200. The molecule has 0 saturated carbocycles. The molecule has 0 fully saturated rings. The van der Waals surface area contributed by atoms with Gasteiger partial charge in [0.15, 0.2) is 5.58 Å². The molecule has 1 aromatic carbocycles. The number of amides is 1. The van der Waals surface area contributed by atoms with E-state index in [0.717, 1.165) is 0 Å². The van der Waals surface area contributed by atoms with Crippen LogP contribution in [0, 0.1) is 0 Å². The second-order valence-corrected chi connectivity index (χ2v) is 3.19. The Bertz CT molecular complexity index is 580. The van der Waals surface area contributed by atoms with E-state index in [1.807, 2.05) is 0 Å². The SMILES string of the molecule is CNC(=O)c1ccc2c(c1)oc(=O)n2C. The Kier molecular flexibility index (Phi) is 2.07. The average molecular weight is 206 g/mol. The van der Waals surface area contributed by atoms with Crippen LogP contribution in [0.4, 0.5) is 0 Å². The van der Waals surface area contributed by atoms with Crippen LogP contribution in [0.5, 0.6) is 0 Å². The number of oxazole rings is 1. The summed E-state index contributed by atoms with van der Waals surface area (Å²) in [6.45, 7) is 0. The van der Waals surface area contributed by atoms with Crippen molar-refractivity contribution in [2.24, 2.45) is 7.05 Å². The quantitative estimate of drug-likeness (QED) is 0.738. The van der Waals surface area contributed by atoms with Crippen molar-refractivity contribution in [3.8, 4) is 0 Å². The van der Waals surface area contributed by atoms with Crippen LogP contribution in [0.3, 0.4) is 0 Å². The van der Waals surface area contributed by atoms with Gasteiger partial charge >= 0.3 is 5.76 Å². The van der Waals surface area contributed by atoms with Crippen molar-refractivity contribution < 1.29 is 9.21 Å². The summed E-state index contributed by atoms with van der Waals surface area (Å²) in [6, 6.07) is 4.89. The molecule has 15 heavy (non-hydrogen) atoms. The number of fused-ring (bicyclic) bond motifs is 1. The highest BCUT2D eigenvalue weighted by Crippen LogP contribution is 2.13. The first-order valence-corrected chi connectivity index (χ1v) is 4.45. The molecule has 0 saturated heterocycles. The third-order valence-electron chi connectivity index (χ3n) is 2.28. The molecule has 0 aliphatic rings. The molecule has 0 spiro atoms. The molecule has 2 rings (SSSR count). The number of nitrogens with one attached hydrogen (secondary N) is 1. The molecular weight excluding hydrogens is 196 g/mol. The van der Waals surface area contributed by atoms with Crippen molar-refractivity contribution >= 4 is 17.0 Å². The van der Waals surface area contributed by atoms with Gasteiger partial charge in [-0.25, -0.2) is 4.79 Å². The predicted octanol–water partition coefficient (Wildman–Crippen LogP) is 0.491. The molecule has 1 aromatic heterocycles. The number of rotatable bonds is 1. The summed E-state index contributed by atoms with van der Waals surface area (Å²) in [6.07, 6.45) is 0. The van der Waals surface area contributed by atoms with Gasteiger partial charge in [-0.3, -0.25) is 9.36 Å². The van der Waals surface area contributed by atoms with Gasteiger partial charge in [0.05, 0.1) is 5.52 Å². The molecule has 0 bridgehead atoms. The summed E-state index contributed by atoms with van der Waals surface area (Å²) in [5.41, 5.74) is 1.57. The van der Waals surface area contributed by atoms with Crippen LogP contribution >= 0.6 is 0 Å². The summed E-state index contributed by atoms with van der Waals surface area (Å²) in [4.78, 5) is 22.5. The van der Waals surface area contributed by atoms with Crippen molar-refractivity contribution in [3.05, 3.63) is 34.3 Å². The molecule has 2 aromatic rings. The van der Waals surface area contributed by atoms with E-state index in [9.17, 15) is 9.59 Å². The van der Waals surface area contributed by atoms with Gasteiger partial charge in [0.2, 0.25) is 0 Å². The molecular formula is C10H10N2O3. The highest BCUT2D eigenvalue weighted by Gasteiger charge is 2.09. The molecule has 0 atom stereocenters. The lowest BCUT2D eigenvalue weighted by Crippen LogP contribution is -2.17. The maximum Gasteiger partial charge on any atom is 0.419 e. The lowest BCUT2D eigenvalue weighted by Gasteiger charge is -1.98. The molecule has 0 aliphatic heterocycles. The Balaban J connectivity index is 2.67. The van der Waals surface area contributed by atoms with Gasteiger partial charge < -0.3 is 9.73 Å². The molecule has 1 N–H and O–H groups in total. The lowest BCUT2D eigenvalue weighted by atomic mass is 10.2. The first-order valence-electron chi connectivity index (χ1n) is 4.45. The zero-order chi connectivity index (χ0) is 11.0. The molecule has 5 nitrogen and oxygen atoms in total. The fourth-order valence-electron chi connectivity index (χ4n) is 1.42. The largest absolute Gasteiger partial charge is 0.419 e. The van der Waals surface area contributed by atoms with E-state index in [-0.39, 0.29) is 5.91 Å². The Hall–Kier alpha value is -2.04. The third-order valence-corrected chi connectivity index (χ3v) is 2.28. The highest BCUT2D eigenvalue weighted by atomic mass is 16.4. The smallest absolute Gasteiger partial charge is 0.408 e. The summed E-state index contributed by atoms with van der Waals surface area (Å²) in [5.74, 6) is -0.637. The molecule has 0 unspecified atom stereocenters. The van der Waals surface area contributed by atoms with Crippen LogP contribution < -0.4 is 11.1 Å². The minimum atomic E-state index is -0.431. The lowest BCUT2D eigenvalue weighted by molar-refractivity contribution is 0.0963. The number of benzene rings is 1. The van der Waals surface area contributed by atoms with Crippen LogP contribution in [0.2, 0.25) is 0 Å². The van der Waals surface area contributed by atoms with Gasteiger partial charge in [0.1, 0.15) is 0 Å². The first-order chi connectivity index (χ1) is 7.13. The summed E-state index contributed by atoms with van der Waals surface area (Å²) in [5, 5.41) is 2.50. The standard InChI is InChI=1S/C10H10N2O3/c1-11-9(13)6-3-4-7-8(5-6)15-10(14)12(7)2/h3-5H,1-2H3,(H,11,13). The normalized spacial score (nSPS) is 10.5. The fourth-order valence-corrected chi connectivity index (χ4v) is 1.42. The van der Waals surface area contributed by atoms with Crippen molar-refractivity contribution in [3.63, 3.8) is 0 Å². The monoisotopic (exact) mass is 206 g/mol. The topological polar surface area (TPSA) is 64.2 Å². The average Bonchev–Trinajstić information content (AvgIpc) is 2.53. The second kappa shape index (κ2) is 3.27. The molecule has 0 aliphatic carbocycles. The number of carbonyl (C=O) groups is 1. The molecule has 0 radical (unpaired) electrons. The number of aromatic nitrogens is 1. The van der Waals surface area contributed by atoms with Gasteiger partial charge in [-0.05, 0) is 18.2 Å². The zero-order valence-electron chi connectivity index (χ0n) is 8.40. The molecule has 1 amide bonds. The van der Waals surface area contributed by atoms with Crippen LogP contribution in [0.15, 0.2) is 27.4 Å². The van der Waals surface area contributed by atoms with Crippen molar-refractivity contribution in [1.29, 1.82) is 0 Å². The van der Waals surface area contributed by atoms with Gasteiger partial charge in [-0.1, -0.05) is 0 Å². The number of nitrogens with zero attached hydrogens (tertiary/aromatic N) is 1. The maximum atomic E-state index is 11.3. The van der Waals surface area contributed by atoms with E-state index in [1.54, 1.807) is 32.3 Å². The van der Waals surface area contributed by atoms with Gasteiger partial charge in [0.25, 0.3) is 5.91 Å². The van der Waals surface area contributed by atoms with Crippen LogP contribution in [-0.2, 0) is 7.05 Å². The predicted molar refractivity (Wildman–Crippen MR) is 54.8 cm³/mol. The molecule has 78 valence electrons. The Morgan fingerprint density at radius 1 is 1.47 bits per heavy atom. The molecule has 1 heterocycles. The van der Waals surface area contributed by atoms with E-state index in [1.165, 1.54) is 4.57 Å². The Labute approximate surface area is 85.3 Å². The third kappa shape index (κ3) is 1.41. The minimum absolute atomic E-state index is 0.205. The number of hydrogen-bond acceptors (Lipinski definition) is 3. The van der Waals surface area contributed by atoms with E-state index < -0.39 is 5.76 Å². The van der Waals surface area contributed by atoms with Gasteiger partial charge in [-0.15, -0.1) is 0 Å². The van der Waals surface area contributed by atoms with Crippen LogP contribution in [-0.4, -0.2) is 17.5 Å². The summed E-state index contributed by atoms with van der Waals surface area (Å²) in [7, 11) is 3.17. The maximum absolute atomic E-state index is 11.3. The van der Waals surface area contributed by atoms with E-state index in [4.69, 9.17) is 4.42 Å². The number of carbonyl (C=O) groups excluding carboxylic acids is 1. The van der Waals surface area contributed by atoms with Crippen molar-refractivity contribution in [2.75, 3.05) is 7.05 Å². The second-order valence-electron chi connectivity index (χ2n) is 3.19. The van der Waals surface area contributed by atoms with Gasteiger partial charge in [0, 0.05) is 19.7 Å². The summed E-state index contributed by atoms with van der Waals surface area (Å²) < 4.78 is 6.35. The van der Waals surface area contributed by atoms with Crippen molar-refractivity contribution in [2.45, 2.75) is 0 Å². The minimum Gasteiger partial charge on any atom is -0.408 e. The zero-order valence-corrected chi connectivity index (χ0v) is 8.40. The van der Waals surface area contributed by atoms with E-state index >= 15 is 0 Å². The van der Waals surface area contributed by atoms with E-state index in [0.29, 0.717) is 16.7 Å². The van der Waals surface area contributed by atoms with Crippen LogP contribution in [0.1, 0.15) is 10.4 Å². The van der Waals surface area contributed by atoms with Crippen LogP contribution in [0.25, 0.3) is 11.1 Å². The van der Waals surface area contributed by atoms with Crippen molar-refractivity contribution in [1.82, 2.24) is 9.88 Å². The number of hydrogen-bond donors (Lipinski definition) is 1. The Morgan fingerprint density at radius 3 is 2.87 bits per heavy atom. The summed E-state index contributed by atoms with van der Waals surface area (Å²) >= 11 is 0. The van der Waals surface area contributed by atoms with Gasteiger partial charge in [-0.2, -0.15) is 0 Å². The van der Waals surface area contributed by atoms with E-state index in [2.05, 4.69) is 5.32 Å². The highest BCUT2D eigenvalue weighted by molar-refractivity contribution is 5.96.